The molecule has 4 nitrogen and oxygen atoms in total. The first-order valence-corrected chi connectivity index (χ1v) is 5.97. The van der Waals surface area contributed by atoms with Gasteiger partial charge in [0.05, 0.1) is 0 Å². The molecular formula is C12H22N4. The summed E-state index contributed by atoms with van der Waals surface area (Å²) in [5.74, 6) is 0.864. The van der Waals surface area contributed by atoms with E-state index < -0.39 is 0 Å². The van der Waals surface area contributed by atoms with E-state index in [0.29, 0.717) is 0 Å². The van der Waals surface area contributed by atoms with E-state index in [0.717, 1.165) is 37.3 Å². The SMILES string of the molecule is CCc1cc(NCC(N)(CC)CC)ncn1. The van der Waals surface area contributed by atoms with Gasteiger partial charge in [0.1, 0.15) is 12.1 Å². The Labute approximate surface area is 97.7 Å². The van der Waals surface area contributed by atoms with Crippen molar-refractivity contribution in [3.05, 3.63) is 18.1 Å². The van der Waals surface area contributed by atoms with Crippen LogP contribution >= 0.6 is 0 Å². The van der Waals surface area contributed by atoms with Crippen molar-refractivity contribution in [2.75, 3.05) is 11.9 Å². The average Bonchev–Trinajstić information content (AvgIpc) is 2.36. The first-order valence-electron chi connectivity index (χ1n) is 5.97. The van der Waals surface area contributed by atoms with Gasteiger partial charge >= 0.3 is 0 Å². The number of nitrogens with two attached hydrogens (primary N) is 1. The van der Waals surface area contributed by atoms with Crippen molar-refractivity contribution < 1.29 is 0 Å². The van der Waals surface area contributed by atoms with E-state index in [-0.39, 0.29) is 5.54 Å². The summed E-state index contributed by atoms with van der Waals surface area (Å²) in [6, 6.07) is 1.98. The fourth-order valence-electron chi connectivity index (χ4n) is 1.45. The number of anilines is 1. The summed E-state index contributed by atoms with van der Waals surface area (Å²) in [4.78, 5) is 8.34. The highest BCUT2D eigenvalue weighted by molar-refractivity contribution is 5.35. The van der Waals surface area contributed by atoms with E-state index in [4.69, 9.17) is 5.73 Å². The number of aromatic nitrogens is 2. The van der Waals surface area contributed by atoms with Crippen molar-refractivity contribution in [1.82, 2.24) is 9.97 Å². The van der Waals surface area contributed by atoms with E-state index >= 15 is 0 Å². The van der Waals surface area contributed by atoms with Gasteiger partial charge in [0, 0.05) is 23.8 Å². The van der Waals surface area contributed by atoms with Crippen molar-refractivity contribution in [2.45, 2.75) is 45.6 Å². The molecule has 0 bridgehead atoms. The van der Waals surface area contributed by atoms with Crippen molar-refractivity contribution in [3.8, 4) is 0 Å². The molecule has 0 aromatic carbocycles. The number of aryl methyl sites for hydroxylation is 1. The molecule has 4 heteroatoms. The summed E-state index contributed by atoms with van der Waals surface area (Å²) >= 11 is 0. The minimum Gasteiger partial charge on any atom is -0.368 e. The molecule has 1 heterocycles. The predicted molar refractivity (Wildman–Crippen MR) is 67.4 cm³/mol. The Morgan fingerprint density at radius 1 is 1.25 bits per heavy atom. The van der Waals surface area contributed by atoms with Gasteiger partial charge in [-0.05, 0) is 19.3 Å². The highest BCUT2D eigenvalue weighted by Crippen LogP contribution is 2.13. The standard InChI is InChI=1S/C12H22N4/c1-4-10-7-11(16-9-15-10)14-8-12(13,5-2)6-3/h7,9H,4-6,8,13H2,1-3H3,(H,14,15,16). The molecule has 0 aliphatic rings. The molecule has 1 rings (SSSR count). The Morgan fingerprint density at radius 3 is 2.50 bits per heavy atom. The number of nitrogens with one attached hydrogen (secondary N) is 1. The Morgan fingerprint density at radius 2 is 1.94 bits per heavy atom. The van der Waals surface area contributed by atoms with Gasteiger partial charge in [-0.1, -0.05) is 20.8 Å². The summed E-state index contributed by atoms with van der Waals surface area (Å²) in [6.07, 6.45) is 4.44. The van der Waals surface area contributed by atoms with Crippen LogP contribution in [0.3, 0.4) is 0 Å². The van der Waals surface area contributed by atoms with E-state index in [9.17, 15) is 0 Å². The van der Waals surface area contributed by atoms with Gasteiger partial charge in [0.25, 0.3) is 0 Å². The summed E-state index contributed by atoms with van der Waals surface area (Å²) in [5, 5.41) is 3.29. The average molecular weight is 222 g/mol. The Hall–Kier alpha value is -1.16. The quantitative estimate of drug-likeness (QED) is 0.772. The Balaban J connectivity index is 2.60. The second-order valence-electron chi connectivity index (χ2n) is 4.17. The topological polar surface area (TPSA) is 63.8 Å². The van der Waals surface area contributed by atoms with Gasteiger partial charge in [-0.3, -0.25) is 0 Å². The molecule has 0 unspecified atom stereocenters. The molecule has 0 amide bonds. The van der Waals surface area contributed by atoms with Crippen LogP contribution in [0.1, 0.15) is 39.3 Å². The number of hydrogen-bond donors (Lipinski definition) is 2. The number of rotatable bonds is 6. The molecule has 0 atom stereocenters. The highest BCUT2D eigenvalue weighted by Gasteiger charge is 2.19. The van der Waals surface area contributed by atoms with Crippen LogP contribution in [0.15, 0.2) is 12.4 Å². The lowest BCUT2D eigenvalue weighted by Gasteiger charge is -2.27. The Bertz CT molecular complexity index is 321. The molecule has 0 aliphatic heterocycles. The lowest BCUT2D eigenvalue weighted by atomic mass is 9.94. The second-order valence-corrected chi connectivity index (χ2v) is 4.17. The largest absolute Gasteiger partial charge is 0.368 e. The van der Waals surface area contributed by atoms with Gasteiger partial charge in [-0.15, -0.1) is 0 Å². The third kappa shape index (κ3) is 3.45. The van der Waals surface area contributed by atoms with Crippen molar-refractivity contribution in [3.63, 3.8) is 0 Å². The molecule has 0 saturated carbocycles. The molecule has 0 saturated heterocycles. The minimum atomic E-state index is -0.142. The first-order chi connectivity index (χ1) is 7.63. The van der Waals surface area contributed by atoms with Crippen molar-refractivity contribution in [2.24, 2.45) is 5.73 Å². The third-order valence-electron chi connectivity index (χ3n) is 3.12. The smallest absolute Gasteiger partial charge is 0.129 e. The third-order valence-corrected chi connectivity index (χ3v) is 3.12. The molecule has 90 valence electrons. The molecule has 1 aromatic rings. The van der Waals surface area contributed by atoms with Gasteiger partial charge in [0.15, 0.2) is 0 Å². The van der Waals surface area contributed by atoms with E-state index in [2.05, 4.69) is 36.1 Å². The van der Waals surface area contributed by atoms with Crippen LogP contribution < -0.4 is 11.1 Å². The maximum atomic E-state index is 6.21. The monoisotopic (exact) mass is 222 g/mol. The van der Waals surface area contributed by atoms with Crippen molar-refractivity contribution >= 4 is 5.82 Å². The summed E-state index contributed by atoms with van der Waals surface area (Å²) in [7, 11) is 0. The molecule has 0 fully saturated rings. The number of nitrogens with zero attached hydrogens (tertiary/aromatic N) is 2. The summed E-state index contributed by atoms with van der Waals surface area (Å²) < 4.78 is 0. The zero-order valence-corrected chi connectivity index (χ0v) is 10.5. The van der Waals surface area contributed by atoms with Gasteiger partial charge in [-0.2, -0.15) is 0 Å². The normalized spacial score (nSPS) is 11.5. The zero-order valence-electron chi connectivity index (χ0n) is 10.5. The van der Waals surface area contributed by atoms with E-state index in [1.807, 2.05) is 6.07 Å². The molecule has 0 spiro atoms. The van der Waals surface area contributed by atoms with Crippen LogP contribution in [-0.2, 0) is 6.42 Å². The van der Waals surface area contributed by atoms with Crippen LogP contribution in [0.25, 0.3) is 0 Å². The highest BCUT2D eigenvalue weighted by atomic mass is 15.0. The van der Waals surface area contributed by atoms with E-state index in [1.54, 1.807) is 6.33 Å². The maximum absolute atomic E-state index is 6.21. The summed E-state index contributed by atoms with van der Waals surface area (Å²) in [6.45, 7) is 7.06. The number of hydrogen-bond acceptors (Lipinski definition) is 4. The van der Waals surface area contributed by atoms with Crippen LogP contribution in [0.5, 0.6) is 0 Å². The zero-order chi connectivity index (χ0) is 12.0. The lowest BCUT2D eigenvalue weighted by molar-refractivity contribution is 0.418. The van der Waals surface area contributed by atoms with Gasteiger partial charge < -0.3 is 11.1 Å². The maximum Gasteiger partial charge on any atom is 0.129 e. The van der Waals surface area contributed by atoms with Gasteiger partial charge in [-0.25, -0.2) is 9.97 Å². The summed E-state index contributed by atoms with van der Waals surface area (Å²) in [5.41, 5.74) is 7.12. The fraction of sp³-hybridized carbons (Fsp3) is 0.667. The van der Waals surface area contributed by atoms with Crippen LogP contribution in [0, 0.1) is 0 Å². The molecule has 16 heavy (non-hydrogen) atoms. The molecular weight excluding hydrogens is 200 g/mol. The molecule has 0 aliphatic carbocycles. The molecule has 0 radical (unpaired) electrons. The molecule has 3 N–H and O–H groups in total. The Kier molecular flexibility index (Phi) is 4.68. The second kappa shape index (κ2) is 5.80. The predicted octanol–water partition coefficient (Wildman–Crippen LogP) is 1.97. The van der Waals surface area contributed by atoms with Gasteiger partial charge in [0.2, 0.25) is 0 Å². The lowest BCUT2D eigenvalue weighted by Crippen LogP contribution is -2.45. The minimum absolute atomic E-state index is 0.142. The fourth-order valence-corrected chi connectivity index (χ4v) is 1.45. The first kappa shape index (κ1) is 12.9. The van der Waals surface area contributed by atoms with Crippen LogP contribution in [-0.4, -0.2) is 22.1 Å². The van der Waals surface area contributed by atoms with Crippen LogP contribution in [0.2, 0.25) is 0 Å². The van der Waals surface area contributed by atoms with E-state index in [1.165, 1.54) is 0 Å². The van der Waals surface area contributed by atoms with Crippen molar-refractivity contribution in [1.29, 1.82) is 0 Å². The molecule has 1 aromatic heterocycles. The van der Waals surface area contributed by atoms with Crippen LogP contribution in [0.4, 0.5) is 5.82 Å².